The van der Waals surface area contributed by atoms with Crippen molar-refractivity contribution in [2.75, 3.05) is 23.0 Å². The van der Waals surface area contributed by atoms with Crippen molar-refractivity contribution in [2.45, 2.75) is 30.4 Å². The number of hydrogen-bond acceptors (Lipinski definition) is 5. The molecule has 26 heavy (non-hydrogen) atoms. The van der Waals surface area contributed by atoms with Crippen LogP contribution in [0.1, 0.15) is 5.56 Å². The third-order valence-electron chi connectivity index (χ3n) is 3.12. The van der Waals surface area contributed by atoms with Gasteiger partial charge in [0.05, 0.1) is 11.4 Å². The zero-order valence-electron chi connectivity index (χ0n) is 13.2. The molecule has 0 aromatic heterocycles. The van der Waals surface area contributed by atoms with Crippen LogP contribution in [-0.4, -0.2) is 46.9 Å². The quantitative estimate of drug-likeness (QED) is 0.569. The lowest BCUT2D eigenvalue weighted by Crippen LogP contribution is -2.38. The molecule has 0 fully saturated rings. The molecule has 0 radical (unpaired) electrons. The van der Waals surface area contributed by atoms with E-state index in [0.29, 0.717) is 16.7 Å². The molecule has 1 unspecified atom stereocenters. The maximum atomic E-state index is 14.3. The molecule has 1 heterocycles. The minimum Gasteiger partial charge on any atom is -0.371 e. The van der Waals surface area contributed by atoms with Crippen LogP contribution in [0.2, 0.25) is 0 Å². The first-order chi connectivity index (χ1) is 11.9. The molecule has 0 saturated heterocycles. The van der Waals surface area contributed by atoms with Crippen LogP contribution >= 0.6 is 23.5 Å². The van der Waals surface area contributed by atoms with Gasteiger partial charge in [0.1, 0.15) is 12.4 Å². The average molecular weight is 422 g/mol. The smallest absolute Gasteiger partial charge is 0.371 e. The molecule has 0 amide bonds. The van der Waals surface area contributed by atoms with Crippen molar-refractivity contribution in [3.8, 4) is 0 Å². The molecule has 146 valence electrons. The van der Waals surface area contributed by atoms with Gasteiger partial charge in [-0.05, 0) is 24.6 Å². The van der Waals surface area contributed by atoms with Crippen molar-refractivity contribution >= 4 is 34.4 Å². The molecule has 0 spiro atoms. The molecule has 1 aliphatic rings. The molecule has 1 aromatic carbocycles. The Hall–Kier alpha value is -1.14. The van der Waals surface area contributed by atoms with Gasteiger partial charge >= 0.3 is 12.4 Å². The van der Waals surface area contributed by atoms with E-state index in [1.807, 2.05) is 0 Å². The molecule has 0 saturated carbocycles. The fourth-order valence-electron chi connectivity index (χ4n) is 2.10. The van der Waals surface area contributed by atoms with Crippen LogP contribution in [0.5, 0.6) is 0 Å². The Bertz CT molecular complexity index is 691. The topological polar surface area (TPSA) is 35.8 Å². The van der Waals surface area contributed by atoms with E-state index in [9.17, 15) is 35.8 Å². The summed E-state index contributed by atoms with van der Waals surface area (Å²) in [5.74, 6) is -2.27. The second kappa shape index (κ2) is 7.85. The minimum absolute atomic E-state index is 0.00680. The van der Waals surface area contributed by atoms with Crippen LogP contribution in [0.25, 0.3) is 0 Å². The molecule has 2 rings (SSSR count). The number of rotatable bonds is 4. The first-order valence-corrected chi connectivity index (χ1v) is 9.05. The Kier molecular flexibility index (Phi) is 6.39. The fourth-order valence-corrected chi connectivity index (χ4v) is 3.79. The molecule has 12 heteroatoms. The van der Waals surface area contributed by atoms with E-state index in [1.165, 1.54) is 6.92 Å². The average Bonchev–Trinajstić information content (AvgIpc) is 2.89. The fraction of sp³-hybridized carbons (Fsp3) is 0.500. The van der Waals surface area contributed by atoms with E-state index >= 15 is 0 Å². The van der Waals surface area contributed by atoms with Gasteiger partial charge in [0.25, 0.3) is 0 Å². The van der Waals surface area contributed by atoms with Crippen molar-refractivity contribution in [1.29, 1.82) is 0 Å². The van der Waals surface area contributed by atoms with Gasteiger partial charge in [-0.25, -0.2) is 9.38 Å². The van der Waals surface area contributed by atoms with Gasteiger partial charge in [-0.2, -0.15) is 26.3 Å². The molecule has 1 aromatic rings. The van der Waals surface area contributed by atoms with Crippen molar-refractivity contribution in [3.05, 3.63) is 23.5 Å². The lowest BCUT2D eigenvalue weighted by molar-refractivity contribution is -0.117. The number of aliphatic imine (C=N–C) groups is 1. The highest BCUT2D eigenvalue weighted by molar-refractivity contribution is 8.14. The summed E-state index contributed by atoms with van der Waals surface area (Å²) in [4.78, 5) is 4.17. The van der Waals surface area contributed by atoms with Gasteiger partial charge in [0, 0.05) is 10.6 Å². The van der Waals surface area contributed by atoms with Crippen molar-refractivity contribution < 1.29 is 35.8 Å². The zero-order valence-corrected chi connectivity index (χ0v) is 14.8. The second-order valence-electron chi connectivity index (χ2n) is 5.38. The Labute approximate surface area is 152 Å². The zero-order chi connectivity index (χ0) is 19.7. The van der Waals surface area contributed by atoms with Gasteiger partial charge in [0.15, 0.2) is 11.4 Å². The van der Waals surface area contributed by atoms with E-state index in [-0.39, 0.29) is 21.4 Å². The summed E-state index contributed by atoms with van der Waals surface area (Å²) < 4.78 is 90.3. The Morgan fingerprint density at radius 1 is 1.23 bits per heavy atom. The Morgan fingerprint density at radius 3 is 2.38 bits per heavy atom. The lowest BCUT2D eigenvalue weighted by Gasteiger charge is -2.26. The highest BCUT2D eigenvalue weighted by Crippen LogP contribution is 2.36. The summed E-state index contributed by atoms with van der Waals surface area (Å²) >= 11 is 1.16. The largest absolute Gasteiger partial charge is 0.406 e. The molecule has 0 aliphatic carbocycles. The summed E-state index contributed by atoms with van der Waals surface area (Å²) in [7, 11) is 0. The first-order valence-electron chi connectivity index (χ1n) is 7.08. The van der Waals surface area contributed by atoms with Gasteiger partial charge in [-0.15, -0.1) is 11.8 Å². The molecule has 1 N–H and O–H groups in total. The van der Waals surface area contributed by atoms with Gasteiger partial charge in [0.2, 0.25) is 0 Å². The van der Waals surface area contributed by atoms with Crippen LogP contribution in [0.3, 0.4) is 0 Å². The third kappa shape index (κ3) is 5.95. The second-order valence-corrected chi connectivity index (χ2v) is 7.38. The monoisotopic (exact) mass is 422 g/mol. The lowest BCUT2D eigenvalue weighted by atomic mass is 10.2. The van der Waals surface area contributed by atoms with Gasteiger partial charge in [-0.1, -0.05) is 11.8 Å². The van der Waals surface area contributed by atoms with Gasteiger partial charge in [-0.3, -0.25) is 0 Å². The predicted molar refractivity (Wildman–Crippen MR) is 87.2 cm³/mol. The van der Waals surface area contributed by atoms with E-state index < -0.39 is 42.4 Å². The molecule has 0 bridgehead atoms. The Morgan fingerprint density at radius 2 is 1.88 bits per heavy atom. The number of thioether (sulfide) groups is 2. The number of anilines is 1. The van der Waals surface area contributed by atoms with E-state index in [1.54, 1.807) is 0 Å². The third-order valence-corrected chi connectivity index (χ3v) is 5.39. The number of benzene rings is 1. The maximum absolute atomic E-state index is 14.3. The van der Waals surface area contributed by atoms with Crippen LogP contribution < -0.4 is 4.90 Å². The van der Waals surface area contributed by atoms with Crippen molar-refractivity contribution in [2.24, 2.45) is 4.99 Å². The number of alkyl halides is 6. The SMILES string of the molecule is Cc1cc(F)c(N(CC(F)(F)F)C2=NC(O)CS2)cc1SCC(F)(F)F. The maximum Gasteiger partial charge on any atom is 0.406 e. The highest BCUT2D eigenvalue weighted by Gasteiger charge is 2.36. The minimum atomic E-state index is -4.72. The summed E-state index contributed by atoms with van der Waals surface area (Å²) in [6, 6.07) is 1.83. The number of aliphatic hydroxyl groups excluding tert-OH is 1. The molecule has 1 atom stereocenters. The number of aliphatic hydroxyl groups is 1. The highest BCUT2D eigenvalue weighted by atomic mass is 32.2. The molecule has 3 nitrogen and oxygen atoms in total. The van der Waals surface area contributed by atoms with Crippen LogP contribution in [0, 0.1) is 12.7 Å². The predicted octanol–water partition coefficient (Wildman–Crippen LogP) is 4.58. The summed E-state index contributed by atoms with van der Waals surface area (Å²) in [5.41, 5.74) is -0.369. The van der Waals surface area contributed by atoms with Crippen LogP contribution in [0.15, 0.2) is 22.0 Å². The van der Waals surface area contributed by atoms with Crippen molar-refractivity contribution in [1.82, 2.24) is 0 Å². The summed E-state index contributed by atoms with van der Waals surface area (Å²) in [6.07, 6.45) is -10.4. The number of halogens is 7. The molecular weight excluding hydrogens is 409 g/mol. The number of hydrogen-bond donors (Lipinski definition) is 1. The normalized spacial score (nSPS) is 18.2. The number of nitrogens with zero attached hydrogens (tertiary/aromatic N) is 2. The first kappa shape index (κ1) is 21.2. The Balaban J connectivity index is 2.41. The van der Waals surface area contributed by atoms with E-state index in [2.05, 4.69) is 4.99 Å². The number of aryl methyl sites for hydroxylation is 1. The molecular formula is C14H13F7N2OS2. The summed E-state index contributed by atoms with van der Waals surface area (Å²) in [5, 5.41) is 9.15. The van der Waals surface area contributed by atoms with Gasteiger partial charge < -0.3 is 10.0 Å². The van der Waals surface area contributed by atoms with Crippen LogP contribution in [0.4, 0.5) is 36.4 Å². The standard InChI is InChI=1S/C14H13F7N2OS2/c1-7-2-8(15)9(3-10(7)26-6-14(19,20)21)23(5-13(16,17)18)12-22-11(24)4-25-12/h2-3,11,24H,4-6H2,1H3. The number of amidine groups is 1. The van der Waals surface area contributed by atoms with E-state index in [4.69, 9.17) is 0 Å². The summed E-state index contributed by atoms with van der Waals surface area (Å²) in [6.45, 7) is -0.222. The van der Waals surface area contributed by atoms with E-state index in [0.717, 1.165) is 23.9 Å². The van der Waals surface area contributed by atoms with Crippen LogP contribution in [-0.2, 0) is 0 Å². The molecule has 1 aliphatic heterocycles. The van der Waals surface area contributed by atoms with Crippen molar-refractivity contribution in [3.63, 3.8) is 0 Å².